The summed E-state index contributed by atoms with van der Waals surface area (Å²) < 4.78 is 5.44. The normalized spacial score (nSPS) is 20.5. The molecule has 88 valence electrons. The van der Waals surface area contributed by atoms with E-state index in [1.165, 1.54) is 6.42 Å². The van der Waals surface area contributed by atoms with Gasteiger partial charge in [-0.25, -0.2) is 0 Å². The van der Waals surface area contributed by atoms with E-state index in [9.17, 15) is 4.79 Å². The van der Waals surface area contributed by atoms with Gasteiger partial charge in [0.2, 0.25) is 5.91 Å². The summed E-state index contributed by atoms with van der Waals surface area (Å²) in [7, 11) is 3.54. The highest BCUT2D eigenvalue weighted by Crippen LogP contribution is 2.11. The number of carbonyl (C=O) groups is 1. The molecule has 0 aliphatic carbocycles. The lowest BCUT2D eigenvalue weighted by molar-refractivity contribution is -0.129. The standard InChI is InChI=1S/C11H22N2O2/c1-13(2)11(14)5-8-15-7-4-10-3-6-12-9-10/h10,12H,3-9H2,1-2H3. The largest absolute Gasteiger partial charge is 0.381 e. The molecule has 4 nitrogen and oxygen atoms in total. The molecule has 1 rings (SSSR count). The van der Waals surface area contributed by atoms with E-state index in [4.69, 9.17) is 4.74 Å². The number of ether oxygens (including phenoxy) is 1. The van der Waals surface area contributed by atoms with Gasteiger partial charge in [0.05, 0.1) is 13.0 Å². The van der Waals surface area contributed by atoms with Crippen molar-refractivity contribution in [1.29, 1.82) is 0 Å². The van der Waals surface area contributed by atoms with Crippen LogP contribution in [0.1, 0.15) is 19.3 Å². The average molecular weight is 214 g/mol. The Morgan fingerprint density at radius 1 is 1.47 bits per heavy atom. The van der Waals surface area contributed by atoms with Gasteiger partial charge in [0, 0.05) is 20.7 Å². The van der Waals surface area contributed by atoms with Crippen LogP contribution in [-0.4, -0.2) is 51.2 Å². The summed E-state index contributed by atoms with van der Waals surface area (Å²) in [6.45, 7) is 3.61. The lowest BCUT2D eigenvalue weighted by atomic mass is 10.1. The van der Waals surface area contributed by atoms with E-state index in [1.54, 1.807) is 19.0 Å². The second-order valence-electron chi connectivity index (χ2n) is 4.30. The first-order valence-corrected chi connectivity index (χ1v) is 5.68. The monoisotopic (exact) mass is 214 g/mol. The van der Waals surface area contributed by atoms with Crippen LogP contribution in [0.25, 0.3) is 0 Å². The zero-order valence-corrected chi connectivity index (χ0v) is 9.79. The summed E-state index contributed by atoms with van der Waals surface area (Å²) >= 11 is 0. The van der Waals surface area contributed by atoms with E-state index in [1.807, 2.05) is 0 Å². The molecule has 0 bridgehead atoms. The third-order valence-corrected chi connectivity index (χ3v) is 2.79. The molecule has 1 fully saturated rings. The first-order chi connectivity index (χ1) is 7.20. The number of hydrogen-bond acceptors (Lipinski definition) is 3. The number of hydrogen-bond donors (Lipinski definition) is 1. The molecule has 0 saturated carbocycles. The Labute approximate surface area is 92.0 Å². The fourth-order valence-electron chi connectivity index (χ4n) is 1.70. The number of amides is 1. The van der Waals surface area contributed by atoms with Crippen molar-refractivity contribution >= 4 is 5.91 Å². The van der Waals surface area contributed by atoms with Crippen molar-refractivity contribution in [3.8, 4) is 0 Å². The van der Waals surface area contributed by atoms with Crippen LogP contribution in [0.5, 0.6) is 0 Å². The molecule has 1 unspecified atom stereocenters. The zero-order valence-electron chi connectivity index (χ0n) is 9.79. The van der Waals surface area contributed by atoms with Crippen molar-refractivity contribution in [2.45, 2.75) is 19.3 Å². The summed E-state index contributed by atoms with van der Waals surface area (Å²) in [6.07, 6.45) is 2.87. The Kier molecular flexibility index (Phi) is 5.65. The van der Waals surface area contributed by atoms with Crippen LogP contribution in [0.4, 0.5) is 0 Å². The molecule has 0 aromatic rings. The van der Waals surface area contributed by atoms with Crippen molar-refractivity contribution < 1.29 is 9.53 Å². The van der Waals surface area contributed by atoms with Gasteiger partial charge in [-0.15, -0.1) is 0 Å². The van der Waals surface area contributed by atoms with Gasteiger partial charge < -0.3 is 15.0 Å². The fourth-order valence-corrected chi connectivity index (χ4v) is 1.70. The van der Waals surface area contributed by atoms with Gasteiger partial charge in [0.15, 0.2) is 0 Å². The van der Waals surface area contributed by atoms with E-state index in [-0.39, 0.29) is 5.91 Å². The molecule has 1 amide bonds. The molecule has 1 heterocycles. The quantitative estimate of drug-likeness (QED) is 0.654. The number of nitrogens with zero attached hydrogens (tertiary/aromatic N) is 1. The minimum Gasteiger partial charge on any atom is -0.381 e. The Morgan fingerprint density at radius 3 is 2.87 bits per heavy atom. The summed E-state index contributed by atoms with van der Waals surface area (Å²) in [5, 5.41) is 3.33. The van der Waals surface area contributed by atoms with Crippen molar-refractivity contribution in [3.63, 3.8) is 0 Å². The molecule has 15 heavy (non-hydrogen) atoms. The fraction of sp³-hybridized carbons (Fsp3) is 0.909. The molecule has 1 N–H and O–H groups in total. The van der Waals surface area contributed by atoms with E-state index in [0.29, 0.717) is 13.0 Å². The van der Waals surface area contributed by atoms with Crippen LogP contribution < -0.4 is 5.32 Å². The highest BCUT2D eigenvalue weighted by Gasteiger charge is 2.13. The van der Waals surface area contributed by atoms with Crippen LogP contribution in [0.15, 0.2) is 0 Å². The maximum atomic E-state index is 11.2. The number of carbonyl (C=O) groups excluding carboxylic acids is 1. The second-order valence-corrected chi connectivity index (χ2v) is 4.30. The molecule has 0 aromatic carbocycles. The van der Waals surface area contributed by atoms with Crippen LogP contribution in [0.2, 0.25) is 0 Å². The SMILES string of the molecule is CN(C)C(=O)CCOCCC1CCNC1. The molecule has 1 aliphatic heterocycles. The molecule has 4 heteroatoms. The van der Waals surface area contributed by atoms with Gasteiger partial charge in [-0.1, -0.05) is 0 Å². The Balaban J connectivity index is 1.90. The molecule has 1 aliphatic rings. The maximum Gasteiger partial charge on any atom is 0.224 e. The first-order valence-electron chi connectivity index (χ1n) is 5.68. The van der Waals surface area contributed by atoms with Gasteiger partial charge in [-0.05, 0) is 31.8 Å². The minimum atomic E-state index is 0.137. The Morgan fingerprint density at radius 2 is 2.27 bits per heavy atom. The van der Waals surface area contributed by atoms with Crippen LogP contribution in [0, 0.1) is 5.92 Å². The molecule has 1 saturated heterocycles. The van der Waals surface area contributed by atoms with Crippen LogP contribution in [-0.2, 0) is 9.53 Å². The summed E-state index contributed by atoms with van der Waals surface area (Å²) in [5.41, 5.74) is 0. The van der Waals surface area contributed by atoms with Crippen molar-refractivity contribution in [2.24, 2.45) is 5.92 Å². The lowest BCUT2D eigenvalue weighted by Crippen LogP contribution is -2.23. The number of nitrogens with one attached hydrogen (secondary N) is 1. The second kappa shape index (κ2) is 6.80. The van der Waals surface area contributed by atoms with Crippen molar-refractivity contribution in [3.05, 3.63) is 0 Å². The zero-order chi connectivity index (χ0) is 11.1. The topological polar surface area (TPSA) is 41.6 Å². The average Bonchev–Trinajstić information content (AvgIpc) is 2.69. The summed E-state index contributed by atoms with van der Waals surface area (Å²) in [6, 6.07) is 0. The molecular formula is C11H22N2O2. The van der Waals surface area contributed by atoms with E-state index >= 15 is 0 Å². The van der Waals surface area contributed by atoms with Gasteiger partial charge in [-0.2, -0.15) is 0 Å². The Hall–Kier alpha value is -0.610. The maximum absolute atomic E-state index is 11.2. The number of rotatable bonds is 6. The van der Waals surface area contributed by atoms with Crippen molar-refractivity contribution in [1.82, 2.24) is 10.2 Å². The van der Waals surface area contributed by atoms with Gasteiger partial charge in [0.25, 0.3) is 0 Å². The molecule has 1 atom stereocenters. The van der Waals surface area contributed by atoms with Gasteiger partial charge >= 0.3 is 0 Å². The lowest BCUT2D eigenvalue weighted by Gasteiger charge is -2.11. The highest BCUT2D eigenvalue weighted by atomic mass is 16.5. The molecule has 0 aromatic heterocycles. The van der Waals surface area contributed by atoms with Gasteiger partial charge in [0.1, 0.15) is 0 Å². The van der Waals surface area contributed by atoms with E-state index in [0.717, 1.165) is 32.0 Å². The van der Waals surface area contributed by atoms with Gasteiger partial charge in [-0.3, -0.25) is 4.79 Å². The minimum absolute atomic E-state index is 0.137. The van der Waals surface area contributed by atoms with E-state index in [2.05, 4.69) is 5.32 Å². The Bertz CT molecular complexity index is 189. The molecular weight excluding hydrogens is 192 g/mol. The van der Waals surface area contributed by atoms with Crippen molar-refractivity contribution in [2.75, 3.05) is 40.4 Å². The first kappa shape index (κ1) is 12.5. The van der Waals surface area contributed by atoms with Crippen LogP contribution >= 0.6 is 0 Å². The molecule has 0 radical (unpaired) electrons. The third-order valence-electron chi connectivity index (χ3n) is 2.79. The van der Waals surface area contributed by atoms with Crippen LogP contribution in [0.3, 0.4) is 0 Å². The third kappa shape index (κ3) is 5.14. The van der Waals surface area contributed by atoms with E-state index < -0.39 is 0 Å². The smallest absolute Gasteiger partial charge is 0.224 e. The molecule has 0 spiro atoms. The predicted molar refractivity (Wildman–Crippen MR) is 59.7 cm³/mol. The predicted octanol–water partition coefficient (Wildman–Crippen LogP) is 0.481. The summed E-state index contributed by atoms with van der Waals surface area (Å²) in [5.74, 6) is 0.909. The highest BCUT2D eigenvalue weighted by molar-refractivity contribution is 5.75. The summed E-state index contributed by atoms with van der Waals surface area (Å²) in [4.78, 5) is 12.8.